The SMILES string of the molecule is COC(=O)[C@@H](NC(=O)c1cc2c(Oc3ccc(C(C)(C)C)cc3)cccc2c(CC2CCCC2)n1)C(C)(C)C. The highest BCUT2D eigenvalue weighted by atomic mass is 16.5. The first-order valence-corrected chi connectivity index (χ1v) is 14.0. The molecule has 0 aliphatic heterocycles. The van der Waals surface area contributed by atoms with Gasteiger partial charge in [0.1, 0.15) is 23.2 Å². The number of rotatable bonds is 7. The first-order valence-electron chi connectivity index (χ1n) is 14.0. The maximum Gasteiger partial charge on any atom is 0.328 e. The topological polar surface area (TPSA) is 77.5 Å². The Morgan fingerprint density at radius 2 is 1.64 bits per heavy atom. The summed E-state index contributed by atoms with van der Waals surface area (Å²) in [5.41, 5.74) is 1.92. The van der Waals surface area contributed by atoms with Crippen molar-refractivity contribution in [1.82, 2.24) is 10.3 Å². The molecular weight excluding hydrogens is 488 g/mol. The number of carbonyl (C=O) groups excluding carboxylic acids is 2. The number of pyridine rings is 1. The molecule has 1 heterocycles. The number of amides is 1. The molecule has 6 nitrogen and oxygen atoms in total. The molecule has 1 saturated carbocycles. The lowest BCUT2D eigenvalue weighted by molar-refractivity contribution is -0.145. The Morgan fingerprint density at radius 3 is 2.23 bits per heavy atom. The molecular formula is C33H42N2O4. The number of carbonyl (C=O) groups is 2. The second-order valence-corrected chi connectivity index (χ2v) is 12.8. The number of benzene rings is 2. The van der Waals surface area contributed by atoms with E-state index in [-0.39, 0.29) is 11.1 Å². The summed E-state index contributed by atoms with van der Waals surface area (Å²) in [5.74, 6) is 1.06. The van der Waals surface area contributed by atoms with Crippen molar-refractivity contribution >= 4 is 22.6 Å². The highest BCUT2D eigenvalue weighted by molar-refractivity contribution is 6.00. The van der Waals surface area contributed by atoms with Gasteiger partial charge in [-0.3, -0.25) is 4.79 Å². The molecule has 0 radical (unpaired) electrons. The zero-order valence-electron chi connectivity index (χ0n) is 24.4. The summed E-state index contributed by atoms with van der Waals surface area (Å²) in [6.07, 6.45) is 5.61. The molecule has 3 aromatic rings. The minimum atomic E-state index is -0.807. The normalized spacial score (nSPS) is 15.3. The summed E-state index contributed by atoms with van der Waals surface area (Å²) in [6.45, 7) is 12.2. The molecule has 1 aromatic heterocycles. The quantitative estimate of drug-likeness (QED) is 0.323. The van der Waals surface area contributed by atoms with Crippen LogP contribution in [0.2, 0.25) is 0 Å². The minimum Gasteiger partial charge on any atom is -0.467 e. The van der Waals surface area contributed by atoms with Crippen LogP contribution in [0.5, 0.6) is 11.5 Å². The van der Waals surface area contributed by atoms with Gasteiger partial charge >= 0.3 is 5.97 Å². The number of fused-ring (bicyclic) bond motifs is 1. The summed E-state index contributed by atoms with van der Waals surface area (Å²) >= 11 is 0. The minimum absolute atomic E-state index is 0.0517. The smallest absolute Gasteiger partial charge is 0.328 e. The van der Waals surface area contributed by atoms with Crippen LogP contribution in [0.4, 0.5) is 0 Å². The fraction of sp³-hybridized carbons (Fsp3) is 0.485. The third kappa shape index (κ3) is 6.78. The fourth-order valence-electron chi connectivity index (χ4n) is 5.27. The summed E-state index contributed by atoms with van der Waals surface area (Å²) in [4.78, 5) is 30.9. The first-order chi connectivity index (χ1) is 18.4. The van der Waals surface area contributed by atoms with E-state index in [1.807, 2.05) is 45.0 Å². The number of nitrogens with zero attached hydrogens (tertiary/aromatic N) is 1. The van der Waals surface area contributed by atoms with E-state index in [1.54, 1.807) is 6.07 Å². The van der Waals surface area contributed by atoms with Gasteiger partial charge in [0.25, 0.3) is 5.91 Å². The third-order valence-electron chi connectivity index (χ3n) is 7.63. The van der Waals surface area contributed by atoms with Crippen LogP contribution in [-0.4, -0.2) is 30.0 Å². The molecule has 1 fully saturated rings. The summed E-state index contributed by atoms with van der Waals surface area (Å²) in [7, 11) is 1.33. The van der Waals surface area contributed by atoms with E-state index in [0.717, 1.165) is 28.6 Å². The highest BCUT2D eigenvalue weighted by Crippen LogP contribution is 2.35. The highest BCUT2D eigenvalue weighted by Gasteiger charge is 2.34. The van der Waals surface area contributed by atoms with Gasteiger partial charge < -0.3 is 14.8 Å². The van der Waals surface area contributed by atoms with Gasteiger partial charge in [-0.15, -0.1) is 0 Å². The van der Waals surface area contributed by atoms with Crippen molar-refractivity contribution in [2.45, 2.75) is 85.1 Å². The van der Waals surface area contributed by atoms with Gasteiger partial charge in [0.2, 0.25) is 0 Å². The van der Waals surface area contributed by atoms with Crippen molar-refractivity contribution in [2.24, 2.45) is 11.3 Å². The summed E-state index contributed by atoms with van der Waals surface area (Å²) < 4.78 is 11.4. The molecule has 1 N–H and O–H groups in total. The van der Waals surface area contributed by atoms with Crippen molar-refractivity contribution < 1.29 is 19.1 Å². The van der Waals surface area contributed by atoms with Crippen molar-refractivity contribution in [3.05, 3.63) is 65.5 Å². The second kappa shape index (κ2) is 11.4. The monoisotopic (exact) mass is 530 g/mol. The molecule has 0 unspecified atom stereocenters. The molecule has 4 rings (SSSR count). The number of methoxy groups -OCH3 is 1. The van der Waals surface area contributed by atoms with Gasteiger partial charge in [-0.05, 0) is 53.0 Å². The Kier molecular flexibility index (Phi) is 8.34. The zero-order chi connectivity index (χ0) is 28.4. The van der Waals surface area contributed by atoms with Gasteiger partial charge in [0, 0.05) is 16.5 Å². The van der Waals surface area contributed by atoms with E-state index >= 15 is 0 Å². The Hall–Kier alpha value is -3.41. The number of nitrogens with one attached hydrogen (secondary N) is 1. The van der Waals surface area contributed by atoms with E-state index in [1.165, 1.54) is 38.4 Å². The fourth-order valence-corrected chi connectivity index (χ4v) is 5.27. The largest absolute Gasteiger partial charge is 0.467 e. The summed E-state index contributed by atoms with van der Waals surface area (Å²) in [6, 6.07) is 15.1. The molecule has 6 heteroatoms. The van der Waals surface area contributed by atoms with Gasteiger partial charge in [-0.2, -0.15) is 0 Å². The molecule has 1 aliphatic rings. The van der Waals surface area contributed by atoms with Crippen molar-refractivity contribution in [3.8, 4) is 11.5 Å². The van der Waals surface area contributed by atoms with Crippen LogP contribution >= 0.6 is 0 Å². The molecule has 1 amide bonds. The van der Waals surface area contributed by atoms with E-state index in [9.17, 15) is 9.59 Å². The Morgan fingerprint density at radius 1 is 0.974 bits per heavy atom. The van der Waals surface area contributed by atoms with Crippen LogP contribution < -0.4 is 10.1 Å². The van der Waals surface area contributed by atoms with Crippen LogP contribution in [0, 0.1) is 11.3 Å². The van der Waals surface area contributed by atoms with Crippen molar-refractivity contribution in [1.29, 1.82) is 0 Å². The number of ether oxygens (including phenoxy) is 2. The van der Waals surface area contributed by atoms with E-state index < -0.39 is 23.3 Å². The number of hydrogen-bond acceptors (Lipinski definition) is 5. The molecule has 1 atom stereocenters. The molecule has 0 saturated heterocycles. The lowest BCUT2D eigenvalue weighted by atomic mass is 9.86. The molecule has 0 bridgehead atoms. The second-order valence-electron chi connectivity index (χ2n) is 12.8. The molecule has 39 heavy (non-hydrogen) atoms. The van der Waals surface area contributed by atoms with Crippen LogP contribution in [0.25, 0.3) is 10.8 Å². The van der Waals surface area contributed by atoms with Crippen LogP contribution in [0.1, 0.15) is 89.0 Å². The van der Waals surface area contributed by atoms with E-state index in [4.69, 9.17) is 14.5 Å². The van der Waals surface area contributed by atoms with Gasteiger partial charge in [-0.1, -0.05) is 91.5 Å². The molecule has 2 aromatic carbocycles. The first kappa shape index (κ1) is 28.6. The standard InChI is InChI=1S/C33H42N2O4/c1-32(2,3)22-15-17-23(18-16-22)39-28-14-10-13-24-25(28)20-27(34-26(24)19-21-11-8-9-12-21)30(36)35-29(31(37)38-7)33(4,5)6/h10,13-18,20-21,29H,8-9,11-12,19H2,1-7H3,(H,35,36)/t29-/m1/s1. The summed E-state index contributed by atoms with van der Waals surface area (Å²) in [5, 5.41) is 4.70. The molecule has 1 aliphatic carbocycles. The maximum atomic E-state index is 13.5. The average molecular weight is 531 g/mol. The van der Waals surface area contributed by atoms with Crippen molar-refractivity contribution in [3.63, 3.8) is 0 Å². The molecule has 0 spiro atoms. The van der Waals surface area contributed by atoms with E-state index in [2.05, 4.69) is 44.3 Å². The Bertz CT molecular complexity index is 1330. The Balaban J connectivity index is 1.74. The van der Waals surface area contributed by atoms with Gasteiger partial charge in [0.15, 0.2) is 0 Å². The van der Waals surface area contributed by atoms with Crippen LogP contribution in [0.15, 0.2) is 48.5 Å². The van der Waals surface area contributed by atoms with Crippen LogP contribution in [-0.2, 0) is 21.4 Å². The lowest BCUT2D eigenvalue weighted by Gasteiger charge is -2.29. The zero-order valence-corrected chi connectivity index (χ0v) is 24.4. The lowest BCUT2D eigenvalue weighted by Crippen LogP contribution is -2.49. The Labute approximate surface area is 232 Å². The van der Waals surface area contributed by atoms with E-state index in [0.29, 0.717) is 11.7 Å². The van der Waals surface area contributed by atoms with Crippen molar-refractivity contribution in [2.75, 3.05) is 7.11 Å². The van der Waals surface area contributed by atoms with Crippen LogP contribution in [0.3, 0.4) is 0 Å². The van der Waals surface area contributed by atoms with Gasteiger partial charge in [0.05, 0.1) is 7.11 Å². The average Bonchev–Trinajstić information content (AvgIpc) is 3.39. The number of aromatic nitrogens is 1. The number of esters is 1. The predicted molar refractivity (Wildman–Crippen MR) is 155 cm³/mol. The number of hydrogen-bond donors (Lipinski definition) is 1. The third-order valence-corrected chi connectivity index (χ3v) is 7.63. The van der Waals surface area contributed by atoms with Gasteiger partial charge in [-0.25, -0.2) is 9.78 Å². The molecule has 208 valence electrons. The maximum absolute atomic E-state index is 13.5. The predicted octanol–water partition coefficient (Wildman–Crippen LogP) is 7.37.